The van der Waals surface area contributed by atoms with E-state index >= 15 is 0 Å². The Morgan fingerprint density at radius 3 is 2.67 bits per heavy atom. The van der Waals surface area contributed by atoms with Crippen LogP contribution in [0.25, 0.3) is 11.0 Å². The van der Waals surface area contributed by atoms with Crippen molar-refractivity contribution in [2.45, 2.75) is 26.4 Å². The zero-order valence-corrected chi connectivity index (χ0v) is 9.61. The van der Waals surface area contributed by atoms with Crippen molar-refractivity contribution in [1.29, 1.82) is 0 Å². The summed E-state index contributed by atoms with van der Waals surface area (Å²) in [5, 5.41) is 0. The maximum Gasteiger partial charge on any atom is 0.122 e. The van der Waals surface area contributed by atoms with Crippen molar-refractivity contribution < 1.29 is 4.74 Å². The second kappa shape index (κ2) is 3.26. The number of fused-ring (bicyclic) bond motifs is 1. The molecule has 0 aliphatic rings. The molecular formula is C12H16N2O. The van der Waals surface area contributed by atoms with Gasteiger partial charge in [-0.3, -0.25) is 0 Å². The molecule has 0 atom stereocenters. The molecule has 2 rings (SSSR count). The molecule has 15 heavy (non-hydrogen) atoms. The Labute approximate surface area is 89.7 Å². The zero-order valence-electron chi connectivity index (χ0n) is 9.61. The van der Waals surface area contributed by atoms with E-state index in [-0.39, 0.29) is 5.60 Å². The summed E-state index contributed by atoms with van der Waals surface area (Å²) >= 11 is 0. The van der Waals surface area contributed by atoms with Gasteiger partial charge in [0, 0.05) is 13.1 Å². The van der Waals surface area contributed by atoms with E-state index < -0.39 is 0 Å². The highest BCUT2D eigenvalue weighted by Crippen LogP contribution is 2.22. The minimum atomic E-state index is -0.164. The Hall–Kier alpha value is -1.51. The topological polar surface area (TPSA) is 27.1 Å². The lowest BCUT2D eigenvalue weighted by molar-refractivity contribution is 0.131. The van der Waals surface area contributed by atoms with Gasteiger partial charge in [-0.05, 0) is 32.9 Å². The molecule has 0 aliphatic carbocycles. The summed E-state index contributed by atoms with van der Waals surface area (Å²) in [6.45, 7) is 6.11. The van der Waals surface area contributed by atoms with Crippen molar-refractivity contribution in [3.8, 4) is 5.75 Å². The molecule has 1 heterocycles. The highest BCUT2D eigenvalue weighted by molar-refractivity contribution is 5.76. The van der Waals surface area contributed by atoms with Crippen LogP contribution in [0.3, 0.4) is 0 Å². The second-order valence-electron chi connectivity index (χ2n) is 4.72. The molecule has 2 aromatic rings. The van der Waals surface area contributed by atoms with Crippen molar-refractivity contribution in [1.82, 2.24) is 9.55 Å². The van der Waals surface area contributed by atoms with E-state index in [1.54, 1.807) is 0 Å². The molecule has 1 aromatic heterocycles. The molecular weight excluding hydrogens is 188 g/mol. The number of imidazole rings is 1. The van der Waals surface area contributed by atoms with Gasteiger partial charge >= 0.3 is 0 Å². The molecule has 0 unspecified atom stereocenters. The van der Waals surface area contributed by atoms with E-state index in [1.807, 2.05) is 56.9 Å². The van der Waals surface area contributed by atoms with E-state index in [4.69, 9.17) is 4.74 Å². The van der Waals surface area contributed by atoms with Gasteiger partial charge in [0.05, 0.1) is 17.4 Å². The first-order valence-corrected chi connectivity index (χ1v) is 5.06. The van der Waals surface area contributed by atoms with Crippen molar-refractivity contribution in [2.24, 2.45) is 7.05 Å². The van der Waals surface area contributed by atoms with Crippen molar-refractivity contribution in [3.63, 3.8) is 0 Å². The van der Waals surface area contributed by atoms with Gasteiger partial charge in [0.1, 0.15) is 11.4 Å². The SMILES string of the molecule is Cn1cnc2cc(OC(C)(C)C)ccc21. The molecule has 0 saturated heterocycles. The van der Waals surface area contributed by atoms with E-state index in [2.05, 4.69) is 4.98 Å². The molecule has 0 spiro atoms. The highest BCUT2D eigenvalue weighted by Gasteiger charge is 2.12. The predicted molar refractivity (Wildman–Crippen MR) is 61.1 cm³/mol. The van der Waals surface area contributed by atoms with Gasteiger partial charge in [-0.15, -0.1) is 0 Å². The number of aryl methyl sites for hydroxylation is 1. The molecule has 1 aromatic carbocycles. The first kappa shape index (κ1) is 10.0. The van der Waals surface area contributed by atoms with E-state index in [0.29, 0.717) is 0 Å². The summed E-state index contributed by atoms with van der Waals surface area (Å²) in [5.41, 5.74) is 1.93. The summed E-state index contributed by atoms with van der Waals surface area (Å²) in [4.78, 5) is 4.29. The Morgan fingerprint density at radius 2 is 2.00 bits per heavy atom. The first-order chi connectivity index (χ1) is 6.96. The average Bonchev–Trinajstić information content (AvgIpc) is 2.45. The quantitative estimate of drug-likeness (QED) is 0.714. The molecule has 3 nitrogen and oxygen atoms in total. The number of ether oxygens (including phenoxy) is 1. The standard InChI is InChI=1S/C12H16N2O/c1-12(2,3)15-9-5-6-11-10(7-9)13-8-14(11)4/h5-8H,1-4H3. The molecule has 0 radical (unpaired) electrons. The maximum absolute atomic E-state index is 5.77. The first-order valence-electron chi connectivity index (χ1n) is 5.06. The van der Waals surface area contributed by atoms with Crippen LogP contribution in [0.2, 0.25) is 0 Å². The zero-order chi connectivity index (χ0) is 11.1. The third-order valence-electron chi connectivity index (χ3n) is 2.12. The van der Waals surface area contributed by atoms with Gasteiger partial charge in [-0.25, -0.2) is 4.98 Å². The third-order valence-corrected chi connectivity index (χ3v) is 2.12. The van der Waals surface area contributed by atoms with Crippen LogP contribution in [0, 0.1) is 0 Å². The molecule has 0 N–H and O–H groups in total. The lowest BCUT2D eigenvalue weighted by Crippen LogP contribution is -2.22. The minimum absolute atomic E-state index is 0.164. The van der Waals surface area contributed by atoms with Crippen LogP contribution in [0.5, 0.6) is 5.75 Å². The normalized spacial score (nSPS) is 12.0. The van der Waals surface area contributed by atoms with Crippen LogP contribution in [-0.4, -0.2) is 15.2 Å². The smallest absolute Gasteiger partial charge is 0.122 e. The largest absolute Gasteiger partial charge is 0.488 e. The van der Waals surface area contributed by atoms with Gasteiger partial charge in [-0.1, -0.05) is 0 Å². The fraction of sp³-hybridized carbons (Fsp3) is 0.417. The summed E-state index contributed by atoms with van der Waals surface area (Å²) in [6.07, 6.45) is 1.81. The minimum Gasteiger partial charge on any atom is -0.488 e. The maximum atomic E-state index is 5.77. The lowest BCUT2D eigenvalue weighted by Gasteiger charge is -2.21. The lowest BCUT2D eigenvalue weighted by atomic mass is 10.2. The van der Waals surface area contributed by atoms with Crippen molar-refractivity contribution in [3.05, 3.63) is 24.5 Å². The second-order valence-corrected chi connectivity index (χ2v) is 4.72. The van der Waals surface area contributed by atoms with Crippen molar-refractivity contribution >= 4 is 11.0 Å². The number of hydrogen-bond acceptors (Lipinski definition) is 2. The summed E-state index contributed by atoms with van der Waals surface area (Å²) < 4.78 is 7.77. The van der Waals surface area contributed by atoms with E-state index in [0.717, 1.165) is 16.8 Å². The van der Waals surface area contributed by atoms with Crippen LogP contribution < -0.4 is 4.74 Å². The van der Waals surface area contributed by atoms with Gasteiger partial charge in [0.2, 0.25) is 0 Å². The molecule has 80 valence electrons. The Morgan fingerprint density at radius 1 is 1.27 bits per heavy atom. The van der Waals surface area contributed by atoms with Crippen LogP contribution >= 0.6 is 0 Å². The predicted octanol–water partition coefficient (Wildman–Crippen LogP) is 2.75. The van der Waals surface area contributed by atoms with Gasteiger partial charge in [0.25, 0.3) is 0 Å². The molecule has 0 aliphatic heterocycles. The highest BCUT2D eigenvalue weighted by atomic mass is 16.5. The van der Waals surface area contributed by atoms with Gasteiger partial charge in [-0.2, -0.15) is 0 Å². The molecule has 0 bridgehead atoms. The number of hydrogen-bond donors (Lipinski definition) is 0. The molecule has 0 fully saturated rings. The Bertz CT molecular complexity index is 480. The Balaban J connectivity index is 2.39. The fourth-order valence-corrected chi connectivity index (χ4v) is 1.53. The van der Waals surface area contributed by atoms with Crippen LogP contribution in [-0.2, 0) is 7.05 Å². The third kappa shape index (κ3) is 2.12. The van der Waals surface area contributed by atoms with Crippen LogP contribution in [0.4, 0.5) is 0 Å². The fourth-order valence-electron chi connectivity index (χ4n) is 1.53. The van der Waals surface area contributed by atoms with Gasteiger partial charge < -0.3 is 9.30 Å². The van der Waals surface area contributed by atoms with Crippen molar-refractivity contribution in [2.75, 3.05) is 0 Å². The number of benzene rings is 1. The Kier molecular flexibility index (Phi) is 2.18. The van der Waals surface area contributed by atoms with Crippen LogP contribution in [0.1, 0.15) is 20.8 Å². The summed E-state index contributed by atoms with van der Waals surface area (Å²) in [7, 11) is 1.99. The molecule has 0 amide bonds. The number of aromatic nitrogens is 2. The average molecular weight is 204 g/mol. The number of nitrogens with zero attached hydrogens (tertiary/aromatic N) is 2. The molecule has 0 saturated carbocycles. The molecule has 3 heteroatoms. The van der Waals surface area contributed by atoms with E-state index in [9.17, 15) is 0 Å². The number of rotatable bonds is 1. The van der Waals surface area contributed by atoms with Gasteiger partial charge in [0.15, 0.2) is 0 Å². The van der Waals surface area contributed by atoms with E-state index in [1.165, 1.54) is 0 Å². The van der Waals surface area contributed by atoms with Crippen LogP contribution in [0.15, 0.2) is 24.5 Å². The monoisotopic (exact) mass is 204 g/mol. The summed E-state index contributed by atoms with van der Waals surface area (Å²) in [5.74, 6) is 0.869. The summed E-state index contributed by atoms with van der Waals surface area (Å²) in [6, 6.07) is 5.99.